The molecule has 5 nitrogen and oxygen atoms in total. The van der Waals surface area contributed by atoms with Crippen molar-refractivity contribution in [2.24, 2.45) is 0 Å². The van der Waals surface area contributed by atoms with Crippen LogP contribution in [0.5, 0.6) is 0 Å². The summed E-state index contributed by atoms with van der Waals surface area (Å²) in [6.07, 6.45) is 4.30. The van der Waals surface area contributed by atoms with Gasteiger partial charge in [-0.15, -0.1) is 22.7 Å². The molecule has 126 valence electrons. The van der Waals surface area contributed by atoms with E-state index in [2.05, 4.69) is 16.0 Å². The topological polar surface area (TPSA) is 40.9 Å². The van der Waals surface area contributed by atoms with E-state index in [0.717, 1.165) is 47.7 Å². The Morgan fingerprint density at radius 3 is 2.79 bits per heavy atom. The number of piperazine rings is 1. The molecule has 1 amide bonds. The maximum atomic E-state index is 12.5. The molecule has 8 heteroatoms. The molecule has 3 aromatic rings. The molecule has 1 aliphatic heterocycles. The second-order valence-corrected chi connectivity index (χ2v) is 8.54. The van der Waals surface area contributed by atoms with Crippen molar-refractivity contribution in [2.75, 3.05) is 26.2 Å². The van der Waals surface area contributed by atoms with Crippen LogP contribution in [0.3, 0.4) is 0 Å². The Bertz CT molecular complexity index is 819. The highest BCUT2D eigenvalue weighted by Crippen LogP contribution is 2.23. The van der Waals surface area contributed by atoms with Crippen LogP contribution in [0.2, 0.25) is 4.34 Å². The molecular formula is C16H17ClN4OS2. The summed E-state index contributed by atoms with van der Waals surface area (Å²) in [6, 6.07) is 4.02. The lowest BCUT2D eigenvalue weighted by atomic mass is 10.2. The predicted molar refractivity (Wildman–Crippen MR) is 98.0 cm³/mol. The van der Waals surface area contributed by atoms with E-state index in [4.69, 9.17) is 11.6 Å². The molecule has 0 aliphatic carbocycles. The van der Waals surface area contributed by atoms with Crippen LogP contribution >= 0.6 is 34.3 Å². The van der Waals surface area contributed by atoms with Crippen molar-refractivity contribution in [3.05, 3.63) is 44.8 Å². The van der Waals surface area contributed by atoms with Crippen molar-refractivity contribution in [1.82, 2.24) is 19.2 Å². The maximum Gasteiger partial charge on any atom is 0.228 e. The number of halogens is 1. The number of rotatable bonds is 4. The van der Waals surface area contributed by atoms with Gasteiger partial charge in [-0.2, -0.15) is 0 Å². The number of aromatic nitrogens is 2. The number of nitrogens with zero attached hydrogens (tertiary/aromatic N) is 4. The summed E-state index contributed by atoms with van der Waals surface area (Å²) in [5.41, 5.74) is 0.850. The summed E-state index contributed by atoms with van der Waals surface area (Å²) in [6.45, 7) is 4.27. The van der Waals surface area contributed by atoms with Crippen molar-refractivity contribution >= 4 is 45.1 Å². The fraction of sp³-hybridized carbons (Fsp3) is 0.375. The van der Waals surface area contributed by atoms with Gasteiger partial charge >= 0.3 is 0 Å². The largest absolute Gasteiger partial charge is 0.340 e. The molecule has 4 rings (SSSR count). The van der Waals surface area contributed by atoms with E-state index < -0.39 is 0 Å². The molecule has 4 heterocycles. The minimum absolute atomic E-state index is 0.166. The lowest BCUT2D eigenvalue weighted by Crippen LogP contribution is -2.48. The van der Waals surface area contributed by atoms with Crippen LogP contribution in [0.1, 0.15) is 10.6 Å². The Kier molecular flexibility index (Phi) is 4.58. The van der Waals surface area contributed by atoms with E-state index in [1.54, 1.807) is 22.7 Å². The monoisotopic (exact) mass is 380 g/mol. The van der Waals surface area contributed by atoms with Crippen LogP contribution < -0.4 is 0 Å². The van der Waals surface area contributed by atoms with Gasteiger partial charge < -0.3 is 4.90 Å². The SMILES string of the molecule is O=C(Cc1cn2ccsc2n1)N1CCN(Cc2ccc(Cl)s2)CC1. The van der Waals surface area contributed by atoms with Crippen LogP contribution in [0.15, 0.2) is 29.9 Å². The zero-order valence-electron chi connectivity index (χ0n) is 13.0. The average molecular weight is 381 g/mol. The second-order valence-electron chi connectivity index (χ2n) is 5.86. The van der Waals surface area contributed by atoms with E-state index in [0.29, 0.717) is 6.42 Å². The summed E-state index contributed by atoms with van der Waals surface area (Å²) < 4.78 is 2.80. The van der Waals surface area contributed by atoms with Gasteiger partial charge in [-0.25, -0.2) is 4.98 Å². The number of carbonyl (C=O) groups is 1. The van der Waals surface area contributed by atoms with Crippen LogP contribution in [0.25, 0.3) is 4.96 Å². The molecule has 24 heavy (non-hydrogen) atoms. The van der Waals surface area contributed by atoms with Gasteiger partial charge in [0.15, 0.2) is 4.96 Å². The summed E-state index contributed by atoms with van der Waals surface area (Å²) in [7, 11) is 0. The van der Waals surface area contributed by atoms with Gasteiger partial charge in [0.05, 0.1) is 16.5 Å². The van der Waals surface area contributed by atoms with Gasteiger partial charge in [0.1, 0.15) is 0 Å². The smallest absolute Gasteiger partial charge is 0.228 e. The first-order valence-electron chi connectivity index (χ1n) is 7.83. The van der Waals surface area contributed by atoms with Gasteiger partial charge in [-0.1, -0.05) is 11.6 Å². The molecule has 1 fully saturated rings. The molecule has 0 radical (unpaired) electrons. The lowest BCUT2D eigenvalue weighted by Gasteiger charge is -2.34. The quantitative estimate of drug-likeness (QED) is 0.698. The predicted octanol–water partition coefficient (Wildman–Crippen LogP) is 3.00. The molecule has 1 saturated heterocycles. The number of hydrogen-bond donors (Lipinski definition) is 0. The number of imidazole rings is 1. The van der Waals surface area contributed by atoms with Crippen LogP contribution in [-0.4, -0.2) is 51.3 Å². The standard InChI is InChI=1S/C16H17ClN4OS2/c17-14-2-1-13(24-14)11-19-3-5-20(6-4-19)15(22)9-12-10-21-7-8-23-16(21)18-12/h1-2,7-8,10H,3-6,9,11H2. The summed E-state index contributed by atoms with van der Waals surface area (Å²) in [4.78, 5) is 23.5. The third-order valence-electron chi connectivity index (χ3n) is 4.21. The Morgan fingerprint density at radius 1 is 1.25 bits per heavy atom. The highest BCUT2D eigenvalue weighted by Gasteiger charge is 2.22. The zero-order chi connectivity index (χ0) is 16.5. The average Bonchev–Trinajstić information content (AvgIpc) is 3.24. The number of fused-ring (bicyclic) bond motifs is 1. The Morgan fingerprint density at radius 2 is 2.08 bits per heavy atom. The van der Waals surface area contributed by atoms with E-state index in [-0.39, 0.29) is 5.91 Å². The Hall–Kier alpha value is -1.41. The van der Waals surface area contributed by atoms with Crippen molar-refractivity contribution in [3.8, 4) is 0 Å². The van der Waals surface area contributed by atoms with Crippen LogP contribution in [0.4, 0.5) is 0 Å². The van der Waals surface area contributed by atoms with Gasteiger partial charge in [-0.05, 0) is 12.1 Å². The van der Waals surface area contributed by atoms with Gasteiger partial charge in [0, 0.05) is 55.4 Å². The van der Waals surface area contributed by atoms with E-state index in [1.165, 1.54) is 4.88 Å². The fourth-order valence-corrected chi connectivity index (χ4v) is 4.79. The number of amides is 1. The summed E-state index contributed by atoms with van der Waals surface area (Å²) in [5, 5.41) is 1.99. The summed E-state index contributed by atoms with van der Waals surface area (Å²) >= 11 is 9.19. The molecule has 0 unspecified atom stereocenters. The minimum atomic E-state index is 0.166. The molecule has 0 saturated carbocycles. The number of thiophene rings is 1. The third kappa shape index (κ3) is 3.49. The zero-order valence-corrected chi connectivity index (χ0v) is 15.4. The first-order valence-corrected chi connectivity index (χ1v) is 9.90. The molecule has 0 aromatic carbocycles. The van der Waals surface area contributed by atoms with Crippen molar-refractivity contribution in [2.45, 2.75) is 13.0 Å². The first kappa shape index (κ1) is 16.1. The highest BCUT2D eigenvalue weighted by atomic mass is 35.5. The molecule has 0 atom stereocenters. The fourth-order valence-electron chi connectivity index (χ4n) is 2.94. The Labute approximate surface area is 153 Å². The van der Waals surface area contributed by atoms with Gasteiger partial charge in [0.2, 0.25) is 5.91 Å². The normalized spacial score (nSPS) is 16.1. The molecule has 3 aromatic heterocycles. The lowest BCUT2D eigenvalue weighted by molar-refractivity contribution is -0.132. The molecule has 1 aliphatic rings. The highest BCUT2D eigenvalue weighted by molar-refractivity contribution is 7.16. The third-order valence-corrected chi connectivity index (χ3v) is 6.20. The number of thiazole rings is 1. The van der Waals surface area contributed by atoms with E-state index in [9.17, 15) is 4.79 Å². The van der Waals surface area contributed by atoms with Gasteiger partial charge in [-0.3, -0.25) is 14.1 Å². The second kappa shape index (κ2) is 6.84. The maximum absolute atomic E-state index is 12.5. The number of carbonyl (C=O) groups excluding carboxylic acids is 1. The van der Waals surface area contributed by atoms with Crippen LogP contribution in [0, 0.1) is 0 Å². The molecule has 0 N–H and O–H groups in total. The minimum Gasteiger partial charge on any atom is -0.340 e. The number of hydrogen-bond acceptors (Lipinski definition) is 5. The van der Waals surface area contributed by atoms with Crippen LogP contribution in [-0.2, 0) is 17.8 Å². The van der Waals surface area contributed by atoms with Crippen molar-refractivity contribution in [3.63, 3.8) is 0 Å². The Balaban J connectivity index is 1.30. The molecule has 0 bridgehead atoms. The molecular weight excluding hydrogens is 364 g/mol. The van der Waals surface area contributed by atoms with E-state index >= 15 is 0 Å². The van der Waals surface area contributed by atoms with Gasteiger partial charge in [0.25, 0.3) is 0 Å². The summed E-state index contributed by atoms with van der Waals surface area (Å²) in [5.74, 6) is 0.166. The van der Waals surface area contributed by atoms with E-state index in [1.807, 2.05) is 33.1 Å². The van der Waals surface area contributed by atoms with Crippen molar-refractivity contribution < 1.29 is 4.79 Å². The van der Waals surface area contributed by atoms with Crippen molar-refractivity contribution in [1.29, 1.82) is 0 Å². The molecule has 0 spiro atoms. The first-order chi connectivity index (χ1) is 11.7.